The lowest BCUT2D eigenvalue weighted by atomic mass is 9.89. The van der Waals surface area contributed by atoms with Crippen LogP contribution in [-0.4, -0.2) is 10.9 Å². The van der Waals surface area contributed by atoms with Crippen LogP contribution in [0.25, 0.3) is 0 Å². The largest absolute Gasteiger partial charge is 0.310 e. The van der Waals surface area contributed by atoms with E-state index in [0.717, 1.165) is 16.5 Å². The summed E-state index contributed by atoms with van der Waals surface area (Å²) >= 11 is 3.34. The van der Waals surface area contributed by atoms with Gasteiger partial charge in [0.05, 0.1) is 0 Å². The van der Waals surface area contributed by atoms with Gasteiger partial charge in [-0.25, -0.2) is 4.98 Å². The van der Waals surface area contributed by atoms with Gasteiger partial charge in [0.1, 0.15) is 5.82 Å². The molecule has 3 nitrogen and oxygen atoms in total. The van der Waals surface area contributed by atoms with Gasteiger partial charge in [-0.1, -0.05) is 20.8 Å². The van der Waals surface area contributed by atoms with Crippen molar-refractivity contribution < 1.29 is 4.79 Å². The van der Waals surface area contributed by atoms with Gasteiger partial charge in [-0.15, -0.1) is 0 Å². The normalized spacial score (nSPS) is 11.3. The summed E-state index contributed by atoms with van der Waals surface area (Å²) in [6, 6.07) is 1.93. The Bertz CT molecular complexity index is 402. The van der Waals surface area contributed by atoms with Crippen molar-refractivity contribution in [3.8, 4) is 0 Å². The van der Waals surface area contributed by atoms with E-state index in [1.54, 1.807) is 6.20 Å². The monoisotopic (exact) mass is 284 g/mol. The molecule has 1 rings (SSSR count). The molecule has 88 valence electrons. The Morgan fingerprint density at radius 2 is 2.19 bits per heavy atom. The molecule has 1 heterocycles. The second-order valence-corrected chi connectivity index (χ2v) is 5.43. The van der Waals surface area contributed by atoms with Crippen molar-refractivity contribution in [2.75, 3.05) is 5.32 Å². The summed E-state index contributed by atoms with van der Waals surface area (Å²) < 4.78 is 0.915. The third-order valence-electron chi connectivity index (χ3n) is 2.78. The number of carbonyl (C=O) groups excluding carboxylic acids is 1. The van der Waals surface area contributed by atoms with Crippen molar-refractivity contribution >= 4 is 27.7 Å². The van der Waals surface area contributed by atoms with Gasteiger partial charge in [0.2, 0.25) is 5.91 Å². The molecule has 0 saturated heterocycles. The fourth-order valence-electron chi connectivity index (χ4n) is 1.11. The molecule has 0 unspecified atom stereocenters. The zero-order chi connectivity index (χ0) is 12.3. The Balaban J connectivity index is 2.85. The van der Waals surface area contributed by atoms with Gasteiger partial charge in [0.25, 0.3) is 0 Å². The zero-order valence-electron chi connectivity index (χ0n) is 10.1. The number of halogens is 1. The molecule has 0 bridgehead atoms. The minimum Gasteiger partial charge on any atom is -0.310 e. The zero-order valence-corrected chi connectivity index (χ0v) is 11.7. The standard InChI is InChI=1S/C12H17BrN2O/c1-5-12(3,4)11(16)15-10-8(2)6-9(13)7-14-10/h6-7H,5H2,1-4H3,(H,14,15,16). The number of aromatic nitrogens is 1. The topological polar surface area (TPSA) is 42.0 Å². The second-order valence-electron chi connectivity index (χ2n) is 4.51. The summed E-state index contributed by atoms with van der Waals surface area (Å²) in [7, 11) is 0. The Labute approximate surface area is 105 Å². The van der Waals surface area contributed by atoms with E-state index in [9.17, 15) is 4.79 Å². The average molecular weight is 285 g/mol. The number of nitrogens with zero attached hydrogens (tertiary/aromatic N) is 1. The number of amides is 1. The van der Waals surface area contributed by atoms with Crippen molar-refractivity contribution in [1.29, 1.82) is 0 Å². The molecule has 1 N–H and O–H groups in total. The van der Waals surface area contributed by atoms with Gasteiger partial charge in [0, 0.05) is 16.1 Å². The van der Waals surface area contributed by atoms with Gasteiger partial charge in [0.15, 0.2) is 0 Å². The summed E-state index contributed by atoms with van der Waals surface area (Å²) in [6.07, 6.45) is 2.48. The molecule has 1 amide bonds. The van der Waals surface area contributed by atoms with Gasteiger partial charge in [-0.2, -0.15) is 0 Å². The van der Waals surface area contributed by atoms with Crippen LogP contribution in [-0.2, 0) is 4.79 Å². The van der Waals surface area contributed by atoms with Crippen LogP contribution in [0, 0.1) is 12.3 Å². The highest BCUT2D eigenvalue weighted by Crippen LogP contribution is 2.23. The summed E-state index contributed by atoms with van der Waals surface area (Å²) in [6.45, 7) is 7.78. The minimum absolute atomic E-state index is 0.00734. The third-order valence-corrected chi connectivity index (χ3v) is 3.21. The van der Waals surface area contributed by atoms with Gasteiger partial charge in [-0.05, 0) is 40.9 Å². The summed E-state index contributed by atoms with van der Waals surface area (Å²) in [5.41, 5.74) is 0.593. The van der Waals surface area contributed by atoms with Crippen LogP contribution in [0.4, 0.5) is 5.82 Å². The Morgan fingerprint density at radius 3 is 2.69 bits per heavy atom. The highest BCUT2D eigenvalue weighted by Gasteiger charge is 2.25. The van der Waals surface area contributed by atoms with Crippen molar-refractivity contribution in [3.05, 3.63) is 22.3 Å². The minimum atomic E-state index is -0.360. The first-order valence-corrected chi connectivity index (χ1v) is 6.09. The molecule has 0 aliphatic rings. The smallest absolute Gasteiger partial charge is 0.231 e. The number of hydrogen-bond acceptors (Lipinski definition) is 2. The highest BCUT2D eigenvalue weighted by molar-refractivity contribution is 9.10. The van der Waals surface area contributed by atoms with Crippen molar-refractivity contribution in [2.24, 2.45) is 5.41 Å². The maximum Gasteiger partial charge on any atom is 0.231 e. The van der Waals surface area contributed by atoms with Crippen LogP contribution in [0.1, 0.15) is 32.8 Å². The molecule has 0 saturated carbocycles. The van der Waals surface area contributed by atoms with Gasteiger partial charge in [-0.3, -0.25) is 4.79 Å². The summed E-state index contributed by atoms with van der Waals surface area (Å²) in [4.78, 5) is 16.1. The van der Waals surface area contributed by atoms with Crippen LogP contribution in [0.5, 0.6) is 0 Å². The molecule has 0 aromatic carbocycles. The van der Waals surface area contributed by atoms with Crippen LogP contribution < -0.4 is 5.32 Å². The van der Waals surface area contributed by atoms with Gasteiger partial charge < -0.3 is 5.32 Å². The molecule has 0 aliphatic carbocycles. The SMILES string of the molecule is CCC(C)(C)C(=O)Nc1ncc(Br)cc1C. The van der Waals surface area contributed by atoms with Crippen LogP contribution >= 0.6 is 15.9 Å². The fraction of sp³-hybridized carbons (Fsp3) is 0.500. The molecule has 1 aromatic heterocycles. The molecule has 0 atom stereocenters. The molecular weight excluding hydrogens is 268 g/mol. The molecule has 0 spiro atoms. The summed E-state index contributed by atoms with van der Waals surface area (Å²) in [5.74, 6) is 0.641. The Hall–Kier alpha value is -0.900. The van der Waals surface area contributed by atoms with E-state index in [0.29, 0.717) is 5.82 Å². The molecular formula is C12H17BrN2O. The highest BCUT2D eigenvalue weighted by atomic mass is 79.9. The van der Waals surface area contributed by atoms with Crippen molar-refractivity contribution in [1.82, 2.24) is 4.98 Å². The van der Waals surface area contributed by atoms with Crippen molar-refractivity contribution in [2.45, 2.75) is 34.1 Å². The lowest BCUT2D eigenvalue weighted by molar-refractivity contribution is -0.124. The van der Waals surface area contributed by atoms with E-state index in [2.05, 4.69) is 26.2 Å². The van der Waals surface area contributed by atoms with E-state index >= 15 is 0 Å². The van der Waals surface area contributed by atoms with E-state index in [4.69, 9.17) is 0 Å². The molecule has 1 aromatic rings. The van der Waals surface area contributed by atoms with Crippen LogP contribution in [0.15, 0.2) is 16.7 Å². The Morgan fingerprint density at radius 1 is 1.56 bits per heavy atom. The average Bonchev–Trinajstić information content (AvgIpc) is 2.22. The number of pyridine rings is 1. The van der Waals surface area contributed by atoms with Crippen LogP contribution in [0.3, 0.4) is 0 Å². The van der Waals surface area contributed by atoms with Crippen LogP contribution in [0.2, 0.25) is 0 Å². The predicted octanol–water partition coefficient (Wildman–Crippen LogP) is 3.53. The van der Waals surface area contributed by atoms with E-state index < -0.39 is 0 Å². The predicted molar refractivity (Wildman–Crippen MR) is 69.4 cm³/mol. The lowest BCUT2D eigenvalue weighted by Crippen LogP contribution is -2.30. The summed E-state index contributed by atoms with van der Waals surface area (Å²) in [5, 5.41) is 2.86. The molecule has 4 heteroatoms. The number of aryl methyl sites for hydroxylation is 1. The van der Waals surface area contributed by atoms with Crippen molar-refractivity contribution in [3.63, 3.8) is 0 Å². The quantitative estimate of drug-likeness (QED) is 0.923. The first-order chi connectivity index (χ1) is 7.36. The first kappa shape index (κ1) is 13.2. The van der Waals surface area contributed by atoms with Gasteiger partial charge >= 0.3 is 0 Å². The van der Waals surface area contributed by atoms with E-state index in [1.165, 1.54) is 0 Å². The van der Waals surface area contributed by atoms with E-state index in [-0.39, 0.29) is 11.3 Å². The number of nitrogens with one attached hydrogen (secondary N) is 1. The number of anilines is 1. The fourth-order valence-corrected chi connectivity index (χ4v) is 1.55. The number of hydrogen-bond donors (Lipinski definition) is 1. The molecule has 0 radical (unpaired) electrons. The number of carbonyl (C=O) groups is 1. The maximum absolute atomic E-state index is 11.9. The Kier molecular flexibility index (Phi) is 4.08. The third kappa shape index (κ3) is 3.04. The molecule has 0 aliphatic heterocycles. The molecule has 0 fully saturated rings. The van der Waals surface area contributed by atoms with E-state index in [1.807, 2.05) is 33.8 Å². The molecule has 16 heavy (non-hydrogen) atoms. The first-order valence-electron chi connectivity index (χ1n) is 5.30. The maximum atomic E-state index is 11.9. The second kappa shape index (κ2) is 4.95. The lowest BCUT2D eigenvalue weighted by Gasteiger charge is -2.21. The number of rotatable bonds is 3.